The van der Waals surface area contributed by atoms with Gasteiger partial charge in [-0.05, 0) is 44.7 Å². The van der Waals surface area contributed by atoms with Gasteiger partial charge in [-0.1, -0.05) is 30.5 Å². The van der Waals surface area contributed by atoms with Crippen LogP contribution < -0.4 is 0 Å². The summed E-state index contributed by atoms with van der Waals surface area (Å²) in [6.07, 6.45) is 6.47. The molecule has 0 amide bonds. The van der Waals surface area contributed by atoms with Crippen LogP contribution in [-0.2, 0) is 10.0 Å². The number of nitrogens with zero attached hydrogens (tertiary/aromatic N) is 1. The second kappa shape index (κ2) is 4.91. The van der Waals surface area contributed by atoms with Gasteiger partial charge in [-0.15, -0.1) is 0 Å². The standard InChI is InChI=1S/C15H21NO2S/c1-12-8-10-15(11-9-12)19(17,18)16-13-4-2-5-14(16)7-3-6-13/h8-11,13-14H,2-7H2,1H3. The molecule has 19 heavy (non-hydrogen) atoms. The highest BCUT2D eigenvalue weighted by Crippen LogP contribution is 2.37. The second-order valence-corrected chi connectivity index (χ2v) is 7.66. The lowest BCUT2D eigenvalue weighted by Crippen LogP contribution is -2.52. The predicted octanol–water partition coefficient (Wildman–Crippen LogP) is 3.09. The third kappa shape index (κ3) is 2.32. The first-order chi connectivity index (χ1) is 9.09. The molecular weight excluding hydrogens is 258 g/mol. The van der Waals surface area contributed by atoms with Gasteiger partial charge in [-0.2, -0.15) is 4.31 Å². The zero-order valence-electron chi connectivity index (χ0n) is 11.4. The molecule has 2 saturated heterocycles. The first-order valence-electron chi connectivity index (χ1n) is 7.19. The van der Waals surface area contributed by atoms with Gasteiger partial charge >= 0.3 is 0 Å². The summed E-state index contributed by atoms with van der Waals surface area (Å²) in [5.74, 6) is 0. The highest BCUT2D eigenvalue weighted by molar-refractivity contribution is 7.89. The van der Waals surface area contributed by atoms with E-state index in [-0.39, 0.29) is 12.1 Å². The Morgan fingerprint density at radius 3 is 1.89 bits per heavy atom. The SMILES string of the molecule is Cc1ccc(S(=O)(=O)N2C3CCCC2CCC3)cc1. The number of hydrogen-bond donors (Lipinski definition) is 0. The third-order valence-electron chi connectivity index (χ3n) is 4.47. The van der Waals surface area contributed by atoms with Crippen molar-refractivity contribution in [3.05, 3.63) is 29.8 Å². The zero-order chi connectivity index (χ0) is 13.5. The predicted molar refractivity (Wildman–Crippen MR) is 75.5 cm³/mol. The maximum absolute atomic E-state index is 12.8. The summed E-state index contributed by atoms with van der Waals surface area (Å²) in [6, 6.07) is 7.72. The average molecular weight is 279 g/mol. The highest BCUT2D eigenvalue weighted by atomic mass is 32.2. The summed E-state index contributed by atoms with van der Waals surface area (Å²) in [6.45, 7) is 1.98. The summed E-state index contributed by atoms with van der Waals surface area (Å²) in [4.78, 5) is 0.455. The fraction of sp³-hybridized carbons (Fsp3) is 0.600. The van der Waals surface area contributed by atoms with Crippen molar-refractivity contribution < 1.29 is 8.42 Å². The molecule has 0 aromatic heterocycles. The summed E-state index contributed by atoms with van der Waals surface area (Å²) < 4.78 is 27.5. The van der Waals surface area contributed by atoms with Gasteiger partial charge in [0.25, 0.3) is 0 Å². The molecule has 3 nitrogen and oxygen atoms in total. The maximum Gasteiger partial charge on any atom is 0.243 e. The Balaban J connectivity index is 1.97. The number of hydrogen-bond acceptors (Lipinski definition) is 2. The van der Waals surface area contributed by atoms with E-state index in [1.807, 2.05) is 23.4 Å². The molecule has 2 aliphatic heterocycles. The lowest BCUT2D eigenvalue weighted by molar-refractivity contribution is 0.124. The van der Waals surface area contributed by atoms with Crippen molar-refractivity contribution in [1.82, 2.24) is 4.31 Å². The average Bonchev–Trinajstić information content (AvgIpc) is 2.38. The molecule has 1 aromatic carbocycles. The molecule has 4 heteroatoms. The van der Waals surface area contributed by atoms with Crippen molar-refractivity contribution in [3.63, 3.8) is 0 Å². The Morgan fingerprint density at radius 1 is 0.947 bits per heavy atom. The van der Waals surface area contributed by atoms with Crippen LogP contribution in [0.15, 0.2) is 29.2 Å². The van der Waals surface area contributed by atoms with Crippen LogP contribution in [0.4, 0.5) is 0 Å². The molecule has 0 radical (unpaired) electrons. The smallest absolute Gasteiger partial charge is 0.207 e. The van der Waals surface area contributed by atoms with Crippen molar-refractivity contribution in [2.45, 2.75) is 62.4 Å². The minimum absolute atomic E-state index is 0.235. The van der Waals surface area contributed by atoms with E-state index in [4.69, 9.17) is 0 Å². The summed E-state index contributed by atoms with van der Waals surface area (Å²) in [5.41, 5.74) is 1.10. The molecule has 2 heterocycles. The first kappa shape index (κ1) is 13.1. The van der Waals surface area contributed by atoms with Crippen molar-refractivity contribution in [1.29, 1.82) is 0 Å². The number of piperidine rings is 2. The van der Waals surface area contributed by atoms with E-state index in [0.29, 0.717) is 4.90 Å². The molecule has 2 fully saturated rings. The number of sulfonamides is 1. The van der Waals surface area contributed by atoms with E-state index in [0.717, 1.165) is 31.2 Å². The molecule has 2 aliphatic rings. The minimum Gasteiger partial charge on any atom is -0.207 e. The molecule has 104 valence electrons. The van der Waals surface area contributed by atoms with Gasteiger partial charge < -0.3 is 0 Å². The van der Waals surface area contributed by atoms with E-state index < -0.39 is 10.0 Å². The normalized spacial score (nSPS) is 28.3. The van der Waals surface area contributed by atoms with Crippen molar-refractivity contribution >= 4 is 10.0 Å². The largest absolute Gasteiger partial charge is 0.243 e. The lowest BCUT2D eigenvalue weighted by atomic mass is 9.87. The van der Waals surface area contributed by atoms with Crippen LogP contribution in [0.5, 0.6) is 0 Å². The number of benzene rings is 1. The van der Waals surface area contributed by atoms with E-state index in [9.17, 15) is 8.42 Å². The van der Waals surface area contributed by atoms with E-state index in [1.165, 1.54) is 12.8 Å². The Morgan fingerprint density at radius 2 is 1.42 bits per heavy atom. The van der Waals surface area contributed by atoms with Gasteiger partial charge in [0, 0.05) is 12.1 Å². The number of rotatable bonds is 2. The zero-order valence-corrected chi connectivity index (χ0v) is 12.2. The molecule has 0 N–H and O–H groups in total. The first-order valence-corrected chi connectivity index (χ1v) is 8.63. The van der Waals surface area contributed by atoms with Gasteiger partial charge in [-0.3, -0.25) is 0 Å². The second-order valence-electron chi connectivity index (χ2n) is 5.82. The summed E-state index contributed by atoms with van der Waals surface area (Å²) in [7, 11) is -3.30. The van der Waals surface area contributed by atoms with Gasteiger partial charge in [0.05, 0.1) is 4.90 Å². The molecule has 0 aliphatic carbocycles. The van der Waals surface area contributed by atoms with Crippen LogP contribution in [0.2, 0.25) is 0 Å². The van der Waals surface area contributed by atoms with E-state index in [1.54, 1.807) is 12.1 Å². The van der Waals surface area contributed by atoms with Crippen LogP contribution in [0, 0.1) is 6.92 Å². The highest BCUT2D eigenvalue weighted by Gasteiger charge is 2.41. The van der Waals surface area contributed by atoms with E-state index >= 15 is 0 Å². The third-order valence-corrected chi connectivity index (χ3v) is 6.48. The number of aryl methyl sites for hydroxylation is 1. The molecule has 0 atom stereocenters. The molecule has 0 unspecified atom stereocenters. The fourth-order valence-electron chi connectivity index (χ4n) is 3.50. The van der Waals surface area contributed by atoms with Crippen molar-refractivity contribution in [2.24, 2.45) is 0 Å². The van der Waals surface area contributed by atoms with Crippen LogP contribution in [0.3, 0.4) is 0 Å². The van der Waals surface area contributed by atoms with Crippen LogP contribution in [0.25, 0.3) is 0 Å². The van der Waals surface area contributed by atoms with Gasteiger partial charge in [-0.25, -0.2) is 8.42 Å². The topological polar surface area (TPSA) is 37.4 Å². The Labute approximate surface area is 115 Å². The van der Waals surface area contributed by atoms with Crippen molar-refractivity contribution in [2.75, 3.05) is 0 Å². The molecule has 0 spiro atoms. The quantitative estimate of drug-likeness (QED) is 0.834. The van der Waals surface area contributed by atoms with Gasteiger partial charge in [0.15, 0.2) is 0 Å². The maximum atomic E-state index is 12.8. The van der Waals surface area contributed by atoms with Crippen LogP contribution >= 0.6 is 0 Å². The Hall–Kier alpha value is -0.870. The Bertz CT molecular complexity index is 528. The Kier molecular flexibility index (Phi) is 3.39. The van der Waals surface area contributed by atoms with Crippen LogP contribution in [-0.4, -0.2) is 24.8 Å². The molecule has 1 aromatic rings. The monoisotopic (exact) mass is 279 g/mol. The fourth-order valence-corrected chi connectivity index (χ4v) is 5.43. The van der Waals surface area contributed by atoms with Gasteiger partial charge in [0.2, 0.25) is 10.0 Å². The molecule has 0 saturated carbocycles. The summed E-state index contributed by atoms with van der Waals surface area (Å²) >= 11 is 0. The van der Waals surface area contributed by atoms with E-state index in [2.05, 4.69) is 0 Å². The van der Waals surface area contributed by atoms with Gasteiger partial charge in [0.1, 0.15) is 0 Å². The number of fused-ring (bicyclic) bond motifs is 2. The lowest BCUT2D eigenvalue weighted by Gasteiger charge is -2.44. The molecule has 2 bridgehead atoms. The van der Waals surface area contributed by atoms with Crippen molar-refractivity contribution in [3.8, 4) is 0 Å². The summed E-state index contributed by atoms with van der Waals surface area (Å²) in [5, 5.41) is 0. The van der Waals surface area contributed by atoms with Crippen LogP contribution in [0.1, 0.15) is 44.1 Å². The molecular formula is C15H21NO2S. The molecule has 3 rings (SSSR count). The minimum atomic E-state index is -3.30.